The first-order chi connectivity index (χ1) is 12.8. The number of rotatable bonds is 5. The van der Waals surface area contributed by atoms with Crippen LogP contribution in [0.5, 0.6) is 0 Å². The Hall–Kier alpha value is -1.12. The minimum absolute atomic E-state index is 0.0678. The number of carbonyl (C=O) groups excluding carboxylic acids is 1. The van der Waals surface area contributed by atoms with Crippen molar-refractivity contribution in [1.29, 1.82) is 0 Å². The van der Waals surface area contributed by atoms with E-state index in [2.05, 4.69) is 5.32 Å². The molecule has 1 atom stereocenters. The highest BCUT2D eigenvalue weighted by Gasteiger charge is 2.32. The second-order valence-electron chi connectivity index (χ2n) is 6.51. The molecule has 1 aromatic carbocycles. The first-order valence-electron chi connectivity index (χ1n) is 8.58. The monoisotopic (exact) mass is 446 g/mol. The van der Waals surface area contributed by atoms with Crippen molar-refractivity contribution in [3.63, 3.8) is 0 Å². The van der Waals surface area contributed by atoms with Crippen molar-refractivity contribution in [3.8, 4) is 0 Å². The molecule has 0 aliphatic carbocycles. The molecule has 0 bridgehead atoms. The number of thiophene rings is 1. The highest BCUT2D eigenvalue weighted by Crippen LogP contribution is 2.28. The summed E-state index contributed by atoms with van der Waals surface area (Å²) < 4.78 is 26.9. The van der Waals surface area contributed by atoms with E-state index in [9.17, 15) is 13.2 Å². The summed E-state index contributed by atoms with van der Waals surface area (Å²) in [5, 5.41) is 5.65. The zero-order valence-corrected chi connectivity index (χ0v) is 17.8. The van der Waals surface area contributed by atoms with Crippen LogP contribution in [0.25, 0.3) is 0 Å². The van der Waals surface area contributed by atoms with Crippen molar-refractivity contribution in [2.24, 2.45) is 5.92 Å². The zero-order chi connectivity index (χ0) is 19.6. The molecular formula is C18H20Cl2N2O3S2. The van der Waals surface area contributed by atoms with E-state index in [4.69, 9.17) is 23.2 Å². The molecule has 0 saturated carbocycles. The van der Waals surface area contributed by atoms with Crippen LogP contribution in [0.15, 0.2) is 39.9 Å². The Balaban J connectivity index is 1.57. The Morgan fingerprint density at radius 3 is 2.52 bits per heavy atom. The molecule has 9 heteroatoms. The maximum Gasteiger partial charge on any atom is 0.252 e. The van der Waals surface area contributed by atoms with Crippen molar-refractivity contribution >= 4 is 50.5 Å². The first-order valence-corrected chi connectivity index (χ1v) is 11.7. The summed E-state index contributed by atoms with van der Waals surface area (Å²) in [7, 11) is -3.45. The topological polar surface area (TPSA) is 66.5 Å². The summed E-state index contributed by atoms with van der Waals surface area (Å²) in [5.41, 5.74) is 0.871. The van der Waals surface area contributed by atoms with Crippen LogP contribution in [0.3, 0.4) is 0 Å². The lowest BCUT2D eigenvalue weighted by molar-refractivity contribution is -0.126. The molecule has 1 aromatic heterocycles. The number of sulfonamides is 1. The summed E-state index contributed by atoms with van der Waals surface area (Å²) >= 11 is 13.2. The Morgan fingerprint density at radius 1 is 1.22 bits per heavy atom. The van der Waals surface area contributed by atoms with Gasteiger partial charge in [0.1, 0.15) is 4.21 Å². The third-order valence-corrected chi connectivity index (χ3v) is 8.73. The lowest BCUT2D eigenvalue weighted by Crippen LogP contribution is -2.43. The van der Waals surface area contributed by atoms with Gasteiger partial charge in [-0.15, -0.1) is 11.3 Å². The summed E-state index contributed by atoms with van der Waals surface area (Å²) in [6, 6.07) is 8.40. The Morgan fingerprint density at radius 2 is 1.93 bits per heavy atom. The Kier molecular flexibility index (Phi) is 6.48. The first kappa shape index (κ1) is 20.6. The fourth-order valence-corrected chi connectivity index (χ4v) is 6.01. The van der Waals surface area contributed by atoms with Crippen LogP contribution in [0.2, 0.25) is 10.0 Å². The predicted molar refractivity (Wildman–Crippen MR) is 109 cm³/mol. The van der Waals surface area contributed by atoms with Crippen LogP contribution in [0.4, 0.5) is 0 Å². The van der Waals surface area contributed by atoms with Crippen molar-refractivity contribution in [3.05, 3.63) is 51.3 Å². The molecule has 1 unspecified atom stereocenters. The maximum atomic E-state index is 12.6. The van der Waals surface area contributed by atoms with E-state index < -0.39 is 10.0 Å². The smallest absolute Gasteiger partial charge is 0.252 e. The molecular weight excluding hydrogens is 427 g/mol. The van der Waals surface area contributed by atoms with Crippen LogP contribution in [-0.4, -0.2) is 31.7 Å². The molecule has 3 rings (SSSR count). The Labute approximate surface area is 173 Å². The van der Waals surface area contributed by atoms with E-state index in [1.54, 1.807) is 29.6 Å². The van der Waals surface area contributed by atoms with Gasteiger partial charge in [-0.05, 0) is 48.9 Å². The van der Waals surface area contributed by atoms with Crippen molar-refractivity contribution in [1.82, 2.24) is 9.62 Å². The molecule has 1 amide bonds. The highest BCUT2D eigenvalue weighted by molar-refractivity contribution is 7.91. The lowest BCUT2D eigenvalue weighted by Gasteiger charge is -2.30. The second kappa shape index (κ2) is 8.49. The van der Waals surface area contributed by atoms with Gasteiger partial charge in [-0.1, -0.05) is 35.3 Å². The van der Waals surface area contributed by atoms with E-state index >= 15 is 0 Å². The van der Waals surface area contributed by atoms with Crippen LogP contribution < -0.4 is 5.32 Å². The molecule has 1 aliphatic heterocycles. The van der Waals surface area contributed by atoms with Crippen LogP contribution in [-0.2, 0) is 14.8 Å². The molecule has 1 aliphatic rings. The Bertz CT molecular complexity index is 909. The third-order valence-electron chi connectivity index (χ3n) is 4.72. The highest BCUT2D eigenvalue weighted by atomic mass is 35.5. The number of hydrogen-bond acceptors (Lipinski definition) is 4. The molecule has 1 N–H and O–H groups in total. The van der Waals surface area contributed by atoms with E-state index in [0.717, 1.165) is 5.56 Å². The number of carbonyl (C=O) groups is 1. The van der Waals surface area contributed by atoms with Gasteiger partial charge in [0, 0.05) is 19.0 Å². The number of piperidine rings is 1. The van der Waals surface area contributed by atoms with E-state index in [1.807, 2.05) is 13.0 Å². The van der Waals surface area contributed by atoms with Crippen molar-refractivity contribution < 1.29 is 13.2 Å². The van der Waals surface area contributed by atoms with Gasteiger partial charge < -0.3 is 5.32 Å². The number of amides is 1. The predicted octanol–water partition coefficient (Wildman–Crippen LogP) is 4.33. The quantitative estimate of drug-likeness (QED) is 0.742. The lowest BCUT2D eigenvalue weighted by atomic mass is 9.96. The van der Waals surface area contributed by atoms with Gasteiger partial charge in [0.05, 0.1) is 16.1 Å². The summed E-state index contributed by atoms with van der Waals surface area (Å²) in [6.07, 6.45) is 1.01. The van der Waals surface area contributed by atoms with Gasteiger partial charge in [-0.3, -0.25) is 4.79 Å². The number of halogens is 2. The normalized spacial score (nSPS) is 17.6. The van der Waals surface area contributed by atoms with Gasteiger partial charge >= 0.3 is 0 Å². The van der Waals surface area contributed by atoms with Gasteiger partial charge in [0.25, 0.3) is 10.0 Å². The molecule has 1 fully saturated rings. The standard InChI is InChI=1S/C18H20Cl2N2O3S2/c1-12(14-4-5-15(19)16(20)11-14)21-18(23)13-6-8-22(9-7-13)27(24,25)17-3-2-10-26-17/h2-5,10-13H,6-9H2,1H3,(H,21,23). The fraction of sp³-hybridized carbons (Fsp3) is 0.389. The fourth-order valence-electron chi connectivity index (χ4n) is 3.09. The summed E-state index contributed by atoms with van der Waals surface area (Å²) in [6.45, 7) is 2.58. The van der Waals surface area contributed by atoms with Crippen molar-refractivity contribution in [2.75, 3.05) is 13.1 Å². The van der Waals surface area contributed by atoms with Gasteiger partial charge in [-0.25, -0.2) is 8.42 Å². The largest absolute Gasteiger partial charge is 0.349 e. The summed E-state index contributed by atoms with van der Waals surface area (Å²) in [4.78, 5) is 12.6. The number of nitrogens with one attached hydrogen (secondary N) is 1. The van der Waals surface area contributed by atoms with Crippen LogP contribution >= 0.6 is 34.5 Å². The third kappa shape index (κ3) is 4.66. The van der Waals surface area contributed by atoms with Gasteiger partial charge in [0.2, 0.25) is 5.91 Å². The average molecular weight is 447 g/mol. The van der Waals surface area contributed by atoms with Crippen LogP contribution in [0, 0.1) is 5.92 Å². The summed E-state index contributed by atoms with van der Waals surface area (Å²) in [5.74, 6) is -0.272. The molecule has 1 saturated heterocycles. The van der Waals surface area contributed by atoms with Crippen molar-refractivity contribution in [2.45, 2.75) is 30.0 Å². The van der Waals surface area contributed by atoms with Crippen LogP contribution in [0.1, 0.15) is 31.4 Å². The molecule has 27 heavy (non-hydrogen) atoms. The average Bonchev–Trinajstić information content (AvgIpc) is 3.19. The maximum absolute atomic E-state index is 12.6. The minimum atomic E-state index is -3.45. The minimum Gasteiger partial charge on any atom is -0.349 e. The number of nitrogens with zero attached hydrogens (tertiary/aromatic N) is 1. The number of hydrogen-bond donors (Lipinski definition) is 1. The zero-order valence-electron chi connectivity index (χ0n) is 14.7. The molecule has 5 nitrogen and oxygen atoms in total. The molecule has 0 radical (unpaired) electrons. The van der Waals surface area contributed by atoms with E-state index in [0.29, 0.717) is 40.2 Å². The molecule has 146 valence electrons. The van der Waals surface area contributed by atoms with Gasteiger partial charge in [-0.2, -0.15) is 4.31 Å². The number of benzene rings is 1. The van der Waals surface area contributed by atoms with Gasteiger partial charge in [0.15, 0.2) is 0 Å². The second-order valence-corrected chi connectivity index (χ2v) is 10.4. The van der Waals surface area contributed by atoms with E-state index in [1.165, 1.54) is 15.6 Å². The SMILES string of the molecule is CC(NC(=O)C1CCN(S(=O)(=O)c2cccs2)CC1)c1ccc(Cl)c(Cl)c1. The van der Waals surface area contributed by atoms with E-state index in [-0.39, 0.29) is 17.9 Å². The molecule has 0 spiro atoms. The molecule has 2 aromatic rings. The molecule has 2 heterocycles.